The van der Waals surface area contributed by atoms with Crippen molar-refractivity contribution >= 4 is 21.6 Å². The number of rotatable bonds is 5. The molecular weight excluding hydrogens is 420 g/mol. The first-order valence-corrected chi connectivity index (χ1v) is 11.7. The van der Waals surface area contributed by atoms with E-state index in [2.05, 4.69) is 5.32 Å². The standard InChI is InChI=1S/C22H26N2O6S/c1-15-12-18(6-8-19(15)28-2)31(26,27)24-9-3-4-16(14-24)22(25)23-17-5-7-20-21(13-17)30-11-10-29-20/h5-8,12-13,16H,3-4,9-11,14H2,1-2H3,(H,23,25). The molecule has 2 aromatic rings. The molecule has 9 heteroatoms. The molecule has 2 heterocycles. The van der Waals surface area contributed by atoms with Crippen molar-refractivity contribution in [2.24, 2.45) is 5.92 Å². The number of anilines is 1. The Bertz CT molecular complexity index is 1090. The number of nitrogens with zero attached hydrogens (tertiary/aromatic N) is 1. The van der Waals surface area contributed by atoms with Crippen LogP contribution in [0.3, 0.4) is 0 Å². The number of hydrogen-bond donors (Lipinski definition) is 1. The van der Waals surface area contributed by atoms with E-state index in [9.17, 15) is 13.2 Å². The third-order valence-corrected chi connectivity index (χ3v) is 7.43. The van der Waals surface area contributed by atoms with Gasteiger partial charge in [0, 0.05) is 24.8 Å². The lowest BCUT2D eigenvalue weighted by atomic mass is 9.98. The SMILES string of the molecule is COc1ccc(S(=O)(=O)N2CCCC(C(=O)Nc3ccc4c(c3)OCCO4)C2)cc1C. The van der Waals surface area contributed by atoms with E-state index < -0.39 is 15.9 Å². The number of methoxy groups -OCH3 is 1. The molecule has 4 rings (SSSR count). The minimum Gasteiger partial charge on any atom is -0.496 e. The Morgan fingerprint density at radius 1 is 1.13 bits per heavy atom. The number of benzene rings is 2. The Kier molecular flexibility index (Phi) is 6.06. The summed E-state index contributed by atoms with van der Waals surface area (Å²) in [6, 6.07) is 10.0. The van der Waals surface area contributed by atoms with Crippen molar-refractivity contribution in [3.05, 3.63) is 42.0 Å². The molecule has 1 N–H and O–H groups in total. The fourth-order valence-corrected chi connectivity index (χ4v) is 5.51. The molecular formula is C22H26N2O6S. The summed E-state index contributed by atoms with van der Waals surface area (Å²) in [7, 11) is -2.15. The number of amides is 1. The molecule has 2 aliphatic heterocycles. The van der Waals surface area contributed by atoms with Crippen molar-refractivity contribution in [1.29, 1.82) is 0 Å². The molecule has 0 aliphatic carbocycles. The average molecular weight is 447 g/mol. The minimum absolute atomic E-state index is 0.143. The van der Waals surface area contributed by atoms with E-state index in [0.29, 0.717) is 55.5 Å². The molecule has 8 nitrogen and oxygen atoms in total. The molecule has 1 saturated heterocycles. The van der Waals surface area contributed by atoms with Gasteiger partial charge in [0.1, 0.15) is 19.0 Å². The quantitative estimate of drug-likeness (QED) is 0.759. The van der Waals surface area contributed by atoms with Crippen LogP contribution in [0.1, 0.15) is 18.4 Å². The summed E-state index contributed by atoms with van der Waals surface area (Å²) in [5.74, 6) is 1.23. The van der Waals surface area contributed by atoms with Crippen LogP contribution < -0.4 is 19.5 Å². The fourth-order valence-electron chi connectivity index (χ4n) is 3.90. The predicted octanol–water partition coefficient (Wildman–Crippen LogP) is 2.81. The highest BCUT2D eigenvalue weighted by molar-refractivity contribution is 7.89. The van der Waals surface area contributed by atoms with Gasteiger partial charge in [0.15, 0.2) is 11.5 Å². The summed E-state index contributed by atoms with van der Waals surface area (Å²) >= 11 is 0. The lowest BCUT2D eigenvalue weighted by molar-refractivity contribution is -0.120. The smallest absolute Gasteiger partial charge is 0.243 e. The van der Waals surface area contributed by atoms with Crippen molar-refractivity contribution in [2.75, 3.05) is 38.7 Å². The highest BCUT2D eigenvalue weighted by Gasteiger charge is 2.33. The Morgan fingerprint density at radius 3 is 2.65 bits per heavy atom. The van der Waals surface area contributed by atoms with Gasteiger partial charge in [0.2, 0.25) is 15.9 Å². The Labute approximate surface area is 182 Å². The van der Waals surface area contributed by atoms with Crippen LogP contribution in [0.15, 0.2) is 41.3 Å². The number of hydrogen-bond acceptors (Lipinski definition) is 6. The number of aryl methyl sites for hydroxylation is 1. The minimum atomic E-state index is -3.70. The van der Waals surface area contributed by atoms with Gasteiger partial charge in [-0.3, -0.25) is 4.79 Å². The molecule has 1 atom stereocenters. The van der Waals surface area contributed by atoms with Gasteiger partial charge < -0.3 is 19.5 Å². The molecule has 2 aromatic carbocycles. The van der Waals surface area contributed by atoms with Crippen molar-refractivity contribution < 1.29 is 27.4 Å². The zero-order valence-corrected chi connectivity index (χ0v) is 18.4. The van der Waals surface area contributed by atoms with Gasteiger partial charge in [-0.05, 0) is 55.7 Å². The molecule has 31 heavy (non-hydrogen) atoms. The van der Waals surface area contributed by atoms with E-state index in [-0.39, 0.29) is 17.3 Å². The zero-order valence-electron chi connectivity index (χ0n) is 17.6. The molecule has 1 unspecified atom stereocenters. The van der Waals surface area contributed by atoms with Gasteiger partial charge in [-0.15, -0.1) is 0 Å². The lowest BCUT2D eigenvalue weighted by Gasteiger charge is -2.31. The van der Waals surface area contributed by atoms with Crippen LogP contribution in [0.25, 0.3) is 0 Å². The second-order valence-corrected chi connectivity index (χ2v) is 9.62. The Balaban J connectivity index is 1.46. The maximum absolute atomic E-state index is 13.1. The number of sulfonamides is 1. The molecule has 2 aliphatic rings. The normalized spacial score (nSPS) is 19.0. The maximum Gasteiger partial charge on any atom is 0.243 e. The van der Waals surface area contributed by atoms with Crippen LogP contribution >= 0.6 is 0 Å². The van der Waals surface area contributed by atoms with E-state index in [1.165, 1.54) is 4.31 Å². The van der Waals surface area contributed by atoms with Gasteiger partial charge in [-0.1, -0.05) is 0 Å². The molecule has 1 amide bonds. The number of ether oxygens (including phenoxy) is 3. The highest BCUT2D eigenvalue weighted by Crippen LogP contribution is 2.33. The molecule has 0 spiro atoms. The van der Waals surface area contributed by atoms with E-state index in [4.69, 9.17) is 14.2 Å². The maximum atomic E-state index is 13.1. The topological polar surface area (TPSA) is 94.2 Å². The first-order chi connectivity index (χ1) is 14.9. The van der Waals surface area contributed by atoms with E-state index in [1.54, 1.807) is 50.4 Å². The number of fused-ring (bicyclic) bond motifs is 1. The van der Waals surface area contributed by atoms with Gasteiger partial charge in [-0.2, -0.15) is 4.31 Å². The van der Waals surface area contributed by atoms with Crippen LogP contribution in [-0.4, -0.2) is 52.0 Å². The number of piperidine rings is 1. The van der Waals surface area contributed by atoms with Crippen molar-refractivity contribution in [2.45, 2.75) is 24.7 Å². The van der Waals surface area contributed by atoms with E-state index in [0.717, 1.165) is 5.56 Å². The third-order valence-electron chi connectivity index (χ3n) is 5.57. The highest BCUT2D eigenvalue weighted by atomic mass is 32.2. The molecule has 166 valence electrons. The summed E-state index contributed by atoms with van der Waals surface area (Å²) in [6.45, 7) is 3.30. The second kappa shape index (κ2) is 8.76. The van der Waals surface area contributed by atoms with Gasteiger partial charge in [-0.25, -0.2) is 8.42 Å². The van der Waals surface area contributed by atoms with Crippen molar-refractivity contribution in [3.8, 4) is 17.2 Å². The molecule has 1 fully saturated rings. The number of carbonyl (C=O) groups excluding carboxylic acids is 1. The second-order valence-electron chi connectivity index (χ2n) is 7.68. The first kappa shape index (κ1) is 21.5. The summed E-state index contributed by atoms with van der Waals surface area (Å²) in [5, 5.41) is 2.89. The number of nitrogens with one attached hydrogen (secondary N) is 1. The molecule has 0 saturated carbocycles. The average Bonchev–Trinajstić information content (AvgIpc) is 2.79. The van der Waals surface area contributed by atoms with Crippen LogP contribution in [-0.2, 0) is 14.8 Å². The van der Waals surface area contributed by atoms with E-state index in [1.807, 2.05) is 0 Å². The third kappa shape index (κ3) is 4.47. The van der Waals surface area contributed by atoms with Crippen molar-refractivity contribution in [1.82, 2.24) is 4.31 Å². The Morgan fingerprint density at radius 2 is 1.90 bits per heavy atom. The van der Waals surface area contributed by atoms with Crippen LogP contribution in [0.4, 0.5) is 5.69 Å². The summed E-state index contributed by atoms with van der Waals surface area (Å²) in [4.78, 5) is 13.1. The summed E-state index contributed by atoms with van der Waals surface area (Å²) < 4.78 is 44.0. The van der Waals surface area contributed by atoms with Gasteiger partial charge >= 0.3 is 0 Å². The first-order valence-electron chi connectivity index (χ1n) is 10.2. The van der Waals surface area contributed by atoms with Crippen molar-refractivity contribution in [3.63, 3.8) is 0 Å². The van der Waals surface area contributed by atoms with Crippen LogP contribution in [0.5, 0.6) is 17.2 Å². The predicted molar refractivity (Wildman–Crippen MR) is 115 cm³/mol. The Hall–Kier alpha value is -2.78. The van der Waals surface area contributed by atoms with Gasteiger partial charge in [0.05, 0.1) is 17.9 Å². The molecule has 0 bridgehead atoms. The zero-order chi connectivity index (χ0) is 22.0. The molecule has 0 aromatic heterocycles. The monoisotopic (exact) mass is 446 g/mol. The molecule has 0 radical (unpaired) electrons. The van der Waals surface area contributed by atoms with Crippen LogP contribution in [0, 0.1) is 12.8 Å². The number of carbonyl (C=O) groups is 1. The lowest BCUT2D eigenvalue weighted by Crippen LogP contribution is -2.43. The fraction of sp³-hybridized carbons (Fsp3) is 0.409. The van der Waals surface area contributed by atoms with Gasteiger partial charge in [0.25, 0.3) is 0 Å². The van der Waals surface area contributed by atoms with Crippen LogP contribution in [0.2, 0.25) is 0 Å². The largest absolute Gasteiger partial charge is 0.496 e. The summed E-state index contributed by atoms with van der Waals surface area (Å²) in [6.07, 6.45) is 1.25. The van der Waals surface area contributed by atoms with E-state index >= 15 is 0 Å². The summed E-state index contributed by atoms with van der Waals surface area (Å²) in [5.41, 5.74) is 1.34.